The fraction of sp³-hybridized carbons (Fsp3) is 0.412. The van der Waals surface area contributed by atoms with Crippen molar-refractivity contribution in [1.82, 2.24) is 25.4 Å². The Labute approximate surface area is 265 Å². The first kappa shape index (κ1) is 32.7. The zero-order valence-electron chi connectivity index (χ0n) is 25.7. The van der Waals surface area contributed by atoms with Crippen LogP contribution >= 0.6 is 0 Å². The predicted molar refractivity (Wildman–Crippen MR) is 165 cm³/mol. The van der Waals surface area contributed by atoms with Crippen LogP contribution in [0.1, 0.15) is 64.6 Å². The van der Waals surface area contributed by atoms with Gasteiger partial charge in [0.1, 0.15) is 25.4 Å². The predicted octanol–water partition coefficient (Wildman–Crippen LogP) is 3.96. The third-order valence-corrected chi connectivity index (χ3v) is 8.36. The average molecular weight is 633 g/mol. The Hall–Kier alpha value is -4.65. The molecule has 1 aliphatic carbocycles. The van der Waals surface area contributed by atoms with Crippen molar-refractivity contribution in [3.63, 3.8) is 0 Å². The van der Waals surface area contributed by atoms with Gasteiger partial charge in [0.2, 0.25) is 0 Å². The van der Waals surface area contributed by atoms with Crippen molar-refractivity contribution in [3.8, 4) is 24.2 Å². The van der Waals surface area contributed by atoms with Gasteiger partial charge in [-0.15, -0.1) is 16.6 Å². The molecule has 0 unspecified atom stereocenters. The van der Waals surface area contributed by atoms with E-state index in [0.29, 0.717) is 36.7 Å². The van der Waals surface area contributed by atoms with Gasteiger partial charge in [-0.3, -0.25) is 9.59 Å². The third kappa shape index (κ3) is 6.94. The summed E-state index contributed by atoms with van der Waals surface area (Å²) in [6, 6.07) is 10.1. The number of amides is 2. The first-order valence-corrected chi connectivity index (χ1v) is 15.0. The number of aryl methyl sites for hydroxylation is 1. The summed E-state index contributed by atoms with van der Waals surface area (Å²) in [7, 11) is 1.89. The fourth-order valence-electron chi connectivity index (χ4n) is 6.37. The number of hydrogen-bond donors (Lipinski definition) is 2. The van der Waals surface area contributed by atoms with Gasteiger partial charge < -0.3 is 24.8 Å². The van der Waals surface area contributed by atoms with Crippen molar-refractivity contribution in [2.75, 3.05) is 31.2 Å². The Morgan fingerprint density at radius 1 is 1.20 bits per heavy atom. The SMILES string of the molecule is C#CCOCC#CC(=O)NCCCNCc1cc2c(c(C(F)(F)F)c1)CN(c1cccc(C3(c4nncn4C)CC(C)C3)c1)C2=O. The molecule has 2 aromatic carbocycles. The number of ether oxygens (including phenoxy) is 1. The highest BCUT2D eigenvalue weighted by Crippen LogP contribution is 2.52. The van der Waals surface area contributed by atoms with E-state index in [-0.39, 0.29) is 42.8 Å². The first-order chi connectivity index (χ1) is 22.0. The summed E-state index contributed by atoms with van der Waals surface area (Å²) in [6.07, 6.45) is 4.32. The van der Waals surface area contributed by atoms with E-state index in [1.165, 1.54) is 11.0 Å². The molecule has 46 heavy (non-hydrogen) atoms. The molecule has 2 amide bonds. The van der Waals surface area contributed by atoms with Crippen LogP contribution in [0.3, 0.4) is 0 Å². The molecule has 0 saturated heterocycles. The van der Waals surface area contributed by atoms with E-state index in [9.17, 15) is 22.8 Å². The van der Waals surface area contributed by atoms with E-state index >= 15 is 0 Å². The second-order valence-electron chi connectivity index (χ2n) is 11.8. The van der Waals surface area contributed by atoms with Gasteiger partial charge in [0, 0.05) is 31.4 Å². The highest BCUT2D eigenvalue weighted by Gasteiger charge is 2.48. The van der Waals surface area contributed by atoms with Gasteiger partial charge in [-0.25, -0.2) is 0 Å². The van der Waals surface area contributed by atoms with Crippen molar-refractivity contribution in [2.24, 2.45) is 13.0 Å². The normalized spacial score (nSPS) is 18.7. The maximum Gasteiger partial charge on any atom is 0.416 e. The van der Waals surface area contributed by atoms with Crippen molar-refractivity contribution in [3.05, 3.63) is 76.4 Å². The minimum absolute atomic E-state index is 0.0274. The summed E-state index contributed by atoms with van der Waals surface area (Å²) in [4.78, 5) is 26.8. The molecule has 1 saturated carbocycles. The smallest absolute Gasteiger partial charge is 0.356 e. The molecule has 1 fully saturated rings. The molecular formula is C34H35F3N6O3. The number of fused-ring (bicyclic) bond motifs is 1. The van der Waals surface area contributed by atoms with Crippen molar-refractivity contribution in [2.45, 2.75) is 50.9 Å². The van der Waals surface area contributed by atoms with Crippen molar-refractivity contribution < 1.29 is 27.5 Å². The number of nitrogens with zero attached hydrogens (tertiary/aromatic N) is 4. The number of halogens is 3. The Kier molecular flexibility index (Phi) is 9.80. The molecule has 9 nitrogen and oxygen atoms in total. The molecule has 0 radical (unpaired) electrons. The minimum atomic E-state index is -4.63. The monoisotopic (exact) mass is 632 g/mol. The van der Waals surface area contributed by atoms with Crippen LogP contribution < -0.4 is 15.5 Å². The van der Waals surface area contributed by atoms with Crippen LogP contribution in [-0.4, -0.2) is 52.9 Å². The molecule has 0 bridgehead atoms. The standard InChI is InChI=1S/C34H35F3N6O3/c1-4-13-46-14-6-10-30(44)39-12-7-11-38-20-24-15-27-28(29(16-24)34(35,36)37)21-43(31(27)45)26-9-5-8-25(17-26)33(18-23(2)19-33)32-41-40-22-42(32)3/h1,5,8-9,15-17,22-23,38H,7,11-14,18-21H2,2-3H3,(H,39,44). The number of benzene rings is 2. The van der Waals surface area contributed by atoms with Crippen LogP contribution in [0.25, 0.3) is 0 Å². The lowest BCUT2D eigenvalue weighted by Gasteiger charge is -2.46. The number of hydrogen-bond acceptors (Lipinski definition) is 6. The maximum absolute atomic E-state index is 14.3. The second kappa shape index (κ2) is 13.8. The van der Waals surface area contributed by atoms with Gasteiger partial charge in [0.15, 0.2) is 0 Å². The lowest BCUT2D eigenvalue weighted by molar-refractivity contribution is -0.138. The summed E-state index contributed by atoms with van der Waals surface area (Å²) < 4.78 is 49.7. The minimum Gasteiger partial charge on any atom is -0.356 e. The van der Waals surface area contributed by atoms with Gasteiger partial charge in [0.25, 0.3) is 11.8 Å². The largest absolute Gasteiger partial charge is 0.416 e. The number of aromatic nitrogens is 3. The van der Waals surface area contributed by atoms with E-state index in [0.717, 1.165) is 30.3 Å². The van der Waals surface area contributed by atoms with Gasteiger partial charge >= 0.3 is 6.18 Å². The van der Waals surface area contributed by atoms with E-state index in [4.69, 9.17) is 11.2 Å². The molecule has 1 aliphatic heterocycles. The molecule has 2 heterocycles. The average Bonchev–Trinajstić information content (AvgIpc) is 3.59. The maximum atomic E-state index is 14.3. The number of nitrogens with one attached hydrogen (secondary N) is 2. The summed E-state index contributed by atoms with van der Waals surface area (Å²) in [6.45, 7) is 3.03. The number of carbonyl (C=O) groups is 2. The fourth-order valence-corrected chi connectivity index (χ4v) is 6.37. The lowest BCUT2D eigenvalue weighted by atomic mass is 9.58. The molecule has 5 rings (SSSR count). The van der Waals surface area contributed by atoms with Gasteiger partial charge in [-0.2, -0.15) is 13.2 Å². The van der Waals surface area contributed by atoms with Crippen LogP contribution in [0.15, 0.2) is 42.7 Å². The number of anilines is 1. The van der Waals surface area contributed by atoms with Gasteiger partial charge in [-0.1, -0.05) is 30.9 Å². The quantitative estimate of drug-likeness (QED) is 0.245. The molecular weight excluding hydrogens is 597 g/mol. The van der Waals surface area contributed by atoms with Crippen LogP contribution in [-0.2, 0) is 41.3 Å². The molecule has 0 atom stereocenters. The number of terminal acetylenes is 1. The van der Waals surface area contributed by atoms with Crippen LogP contribution in [0.2, 0.25) is 0 Å². The second-order valence-corrected chi connectivity index (χ2v) is 11.8. The zero-order valence-corrected chi connectivity index (χ0v) is 25.7. The van der Waals surface area contributed by atoms with E-state index in [1.807, 2.05) is 29.8 Å². The molecule has 0 spiro atoms. The highest BCUT2D eigenvalue weighted by atomic mass is 19.4. The molecule has 2 aliphatic rings. The Morgan fingerprint density at radius 2 is 2.00 bits per heavy atom. The van der Waals surface area contributed by atoms with E-state index < -0.39 is 23.6 Å². The summed E-state index contributed by atoms with van der Waals surface area (Å²) in [5.41, 5.74) is 0.686. The first-order valence-electron chi connectivity index (χ1n) is 15.0. The zero-order chi connectivity index (χ0) is 32.9. The lowest BCUT2D eigenvalue weighted by Crippen LogP contribution is -2.43. The molecule has 2 N–H and O–H groups in total. The summed E-state index contributed by atoms with van der Waals surface area (Å²) >= 11 is 0. The summed E-state index contributed by atoms with van der Waals surface area (Å²) in [5, 5.41) is 14.2. The number of carbonyl (C=O) groups excluding carboxylic acids is 2. The topological polar surface area (TPSA) is 101 Å². The summed E-state index contributed by atoms with van der Waals surface area (Å²) in [5.74, 6) is 7.60. The Bertz CT molecular complexity index is 1710. The molecule has 12 heteroatoms. The van der Waals surface area contributed by atoms with Gasteiger partial charge in [0.05, 0.1) is 17.5 Å². The van der Waals surface area contributed by atoms with Crippen molar-refractivity contribution >= 4 is 17.5 Å². The third-order valence-electron chi connectivity index (χ3n) is 8.36. The van der Waals surface area contributed by atoms with Crippen LogP contribution in [0.5, 0.6) is 0 Å². The molecule has 1 aromatic heterocycles. The Balaban J connectivity index is 1.26. The van der Waals surface area contributed by atoms with Crippen LogP contribution in [0.4, 0.5) is 18.9 Å². The van der Waals surface area contributed by atoms with E-state index in [1.54, 1.807) is 12.4 Å². The van der Waals surface area contributed by atoms with Gasteiger partial charge in [-0.05, 0) is 78.6 Å². The Morgan fingerprint density at radius 3 is 2.70 bits per heavy atom. The number of rotatable bonds is 11. The molecule has 240 valence electrons. The van der Waals surface area contributed by atoms with Crippen molar-refractivity contribution in [1.29, 1.82) is 0 Å². The number of alkyl halides is 3. The van der Waals surface area contributed by atoms with Crippen LogP contribution in [0, 0.1) is 30.1 Å². The molecule has 3 aromatic rings. The van der Waals surface area contributed by atoms with E-state index in [2.05, 4.69) is 45.5 Å². The highest BCUT2D eigenvalue weighted by molar-refractivity contribution is 6.10.